The van der Waals surface area contributed by atoms with Crippen LogP contribution in [-0.2, 0) is 16.3 Å². The summed E-state index contributed by atoms with van der Waals surface area (Å²) in [6.07, 6.45) is 1.42. The smallest absolute Gasteiger partial charge is 0.151 e. The van der Waals surface area contributed by atoms with E-state index < -0.39 is 9.84 Å². The first kappa shape index (κ1) is 16.1. The minimum absolute atomic E-state index is 0.169. The van der Waals surface area contributed by atoms with Crippen LogP contribution in [0.15, 0.2) is 24.3 Å². The van der Waals surface area contributed by atoms with Gasteiger partial charge in [-0.15, -0.1) is 0 Å². The molecule has 0 aliphatic carbocycles. The fraction of sp³-hybridized carbons (Fsp3) is 0.571. The van der Waals surface area contributed by atoms with E-state index in [1.54, 1.807) is 12.1 Å². The van der Waals surface area contributed by atoms with Crippen molar-refractivity contribution in [2.24, 2.45) is 0 Å². The van der Waals surface area contributed by atoms with Gasteiger partial charge >= 0.3 is 0 Å². The predicted molar refractivity (Wildman–Crippen MR) is 76.5 cm³/mol. The Morgan fingerprint density at radius 2 is 1.84 bits per heavy atom. The van der Waals surface area contributed by atoms with Crippen LogP contribution >= 0.6 is 0 Å². The van der Waals surface area contributed by atoms with Gasteiger partial charge in [0.15, 0.2) is 9.84 Å². The Hall–Kier alpha value is -0.940. The summed E-state index contributed by atoms with van der Waals surface area (Å²) in [5, 5.41) is 3.19. The topological polar surface area (TPSA) is 46.2 Å². The van der Waals surface area contributed by atoms with Gasteiger partial charge in [0.1, 0.15) is 5.82 Å². The number of hydrogen-bond donors (Lipinski definition) is 1. The quantitative estimate of drug-likeness (QED) is 0.797. The zero-order chi connectivity index (χ0) is 14.3. The number of nitrogens with one attached hydrogen (secondary N) is 1. The summed E-state index contributed by atoms with van der Waals surface area (Å²) in [5.74, 6) is 0.185. The van der Waals surface area contributed by atoms with Crippen molar-refractivity contribution in [3.63, 3.8) is 0 Å². The Balaban J connectivity index is 2.32. The molecule has 0 aliphatic heterocycles. The first-order valence-electron chi connectivity index (χ1n) is 6.61. The normalized spacial score (nSPS) is 13.4. The van der Waals surface area contributed by atoms with Crippen LogP contribution in [0.25, 0.3) is 0 Å². The maximum atomic E-state index is 12.7. The molecule has 0 bridgehead atoms. The monoisotopic (exact) mass is 287 g/mol. The Labute approximate surface area is 115 Å². The van der Waals surface area contributed by atoms with Gasteiger partial charge in [-0.05, 0) is 37.5 Å². The van der Waals surface area contributed by atoms with Gasteiger partial charge in [0.2, 0.25) is 0 Å². The second-order valence-electron chi connectivity index (χ2n) is 4.84. The number of halogens is 1. The van der Waals surface area contributed by atoms with Crippen molar-refractivity contribution < 1.29 is 12.8 Å². The van der Waals surface area contributed by atoms with Crippen LogP contribution in [0, 0.1) is 5.82 Å². The molecule has 0 amide bonds. The highest BCUT2D eigenvalue weighted by Crippen LogP contribution is 2.05. The molecule has 1 N–H and O–H groups in total. The molecule has 19 heavy (non-hydrogen) atoms. The Morgan fingerprint density at radius 3 is 2.42 bits per heavy atom. The van der Waals surface area contributed by atoms with E-state index in [2.05, 4.69) is 5.32 Å². The second kappa shape index (κ2) is 7.60. The van der Waals surface area contributed by atoms with Crippen LogP contribution in [-0.4, -0.2) is 32.5 Å². The van der Waals surface area contributed by atoms with Crippen molar-refractivity contribution in [2.45, 2.75) is 32.7 Å². The zero-order valence-corrected chi connectivity index (χ0v) is 12.3. The second-order valence-corrected chi connectivity index (χ2v) is 7.14. The lowest BCUT2D eigenvalue weighted by atomic mass is 10.1. The van der Waals surface area contributed by atoms with Crippen molar-refractivity contribution in [1.82, 2.24) is 5.32 Å². The molecule has 3 nitrogen and oxygen atoms in total. The third kappa shape index (κ3) is 6.68. The molecule has 1 rings (SSSR count). The molecular weight excluding hydrogens is 265 g/mol. The Morgan fingerprint density at radius 1 is 1.21 bits per heavy atom. The van der Waals surface area contributed by atoms with Crippen LogP contribution in [0.5, 0.6) is 0 Å². The maximum absolute atomic E-state index is 12.7. The highest BCUT2D eigenvalue weighted by molar-refractivity contribution is 7.91. The molecule has 0 saturated carbocycles. The Kier molecular flexibility index (Phi) is 6.45. The molecule has 0 spiro atoms. The van der Waals surface area contributed by atoms with E-state index in [1.165, 1.54) is 12.1 Å². The molecule has 0 fully saturated rings. The van der Waals surface area contributed by atoms with Crippen molar-refractivity contribution in [3.8, 4) is 0 Å². The third-order valence-electron chi connectivity index (χ3n) is 2.88. The van der Waals surface area contributed by atoms with Gasteiger partial charge in [-0.3, -0.25) is 0 Å². The highest BCUT2D eigenvalue weighted by atomic mass is 32.2. The summed E-state index contributed by atoms with van der Waals surface area (Å²) in [6.45, 7) is 4.32. The molecule has 0 saturated heterocycles. The number of hydrogen-bond acceptors (Lipinski definition) is 3. The van der Waals surface area contributed by atoms with E-state index in [0.717, 1.165) is 12.0 Å². The maximum Gasteiger partial charge on any atom is 0.151 e. The summed E-state index contributed by atoms with van der Waals surface area (Å²) in [5.41, 5.74) is 1.04. The van der Waals surface area contributed by atoms with Crippen molar-refractivity contribution in [1.29, 1.82) is 0 Å². The van der Waals surface area contributed by atoms with Gasteiger partial charge in [0.25, 0.3) is 0 Å². The number of sulfone groups is 1. The van der Waals surface area contributed by atoms with Gasteiger partial charge in [-0.1, -0.05) is 19.1 Å². The fourth-order valence-electron chi connectivity index (χ4n) is 1.92. The SMILES string of the molecule is CCCS(=O)(=O)CCNC(C)Cc1ccc(F)cc1. The van der Waals surface area contributed by atoms with Gasteiger partial charge < -0.3 is 5.32 Å². The molecule has 1 atom stereocenters. The van der Waals surface area contributed by atoms with E-state index >= 15 is 0 Å². The third-order valence-corrected chi connectivity index (χ3v) is 4.73. The zero-order valence-electron chi connectivity index (χ0n) is 11.5. The molecule has 0 aliphatic rings. The summed E-state index contributed by atoms with van der Waals surface area (Å²) >= 11 is 0. The van der Waals surface area contributed by atoms with Crippen LogP contribution in [0.1, 0.15) is 25.8 Å². The average Bonchev–Trinajstić information content (AvgIpc) is 2.31. The first-order valence-corrected chi connectivity index (χ1v) is 8.43. The van der Waals surface area contributed by atoms with E-state index in [0.29, 0.717) is 13.0 Å². The van der Waals surface area contributed by atoms with Crippen molar-refractivity contribution in [2.75, 3.05) is 18.1 Å². The van der Waals surface area contributed by atoms with Gasteiger partial charge in [0.05, 0.1) is 5.75 Å². The standard InChI is InChI=1S/C14H22FNO2S/c1-3-9-19(17,18)10-8-16-12(2)11-13-4-6-14(15)7-5-13/h4-7,12,16H,3,8-11H2,1-2H3. The van der Waals surface area contributed by atoms with Gasteiger partial charge in [-0.25, -0.2) is 12.8 Å². The lowest BCUT2D eigenvalue weighted by molar-refractivity contribution is 0.553. The summed E-state index contributed by atoms with van der Waals surface area (Å²) in [4.78, 5) is 0. The summed E-state index contributed by atoms with van der Waals surface area (Å²) in [6, 6.07) is 6.55. The molecular formula is C14H22FNO2S. The van der Waals surface area contributed by atoms with Crippen LogP contribution in [0.3, 0.4) is 0 Å². The summed E-state index contributed by atoms with van der Waals surface area (Å²) < 4.78 is 35.8. The molecule has 0 heterocycles. The summed E-state index contributed by atoms with van der Waals surface area (Å²) in [7, 11) is -2.92. The van der Waals surface area contributed by atoms with E-state index in [4.69, 9.17) is 0 Å². The number of rotatable bonds is 8. The molecule has 0 aromatic heterocycles. The van der Waals surface area contributed by atoms with Crippen molar-refractivity contribution in [3.05, 3.63) is 35.6 Å². The van der Waals surface area contributed by atoms with Gasteiger partial charge in [0, 0.05) is 18.3 Å². The van der Waals surface area contributed by atoms with E-state index in [-0.39, 0.29) is 23.4 Å². The lowest BCUT2D eigenvalue weighted by Crippen LogP contribution is -2.33. The number of benzene rings is 1. The molecule has 0 radical (unpaired) electrons. The lowest BCUT2D eigenvalue weighted by Gasteiger charge is -2.14. The average molecular weight is 287 g/mol. The minimum atomic E-state index is -2.92. The largest absolute Gasteiger partial charge is 0.313 e. The van der Waals surface area contributed by atoms with E-state index in [9.17, 15) is 12.8 Å². The van der Waals surface area contributed by atoms with Crippen LogP contribution in [0.2, 0.25) is 0 Å². The molecule has 1 unspecified atom stereocenters. The molecule has 5 heteroatoms. The first-order chi connectivity index (χ1) is 8.93. The van der Waals surface area contributed by atoms with Gasteiger partial charge in [-0.2, -0.15) is 0 Å². The highest BCUT2D eigenvalue weighted by Gasteiger charge is 2.10. The molecule has 108 valence electrons. The predicted octanol–water partition coefficient (Wildman–Crippen LogP) is 2.17. The molecule has 1 aromatic rings. The van der Waals surface area contributed by atoms with Crippen LogP contribution < -0.4 is 5.32 Å². The Bertz CT molecular complexity index is 471. The van der Waals surface area contributed by atoms with Crippen LogP contribution in [0.4, 0.5) is 4.39 Å². The van der Waals surface area contributed by atoms with E-state index in [1.807, 2.05) is 13.8 Å². The van der Waals surface area contributed by atoms with Crippen molar-refractivity contribution >= 4 is 9.84 Å². The minimum Gasteiger partial charge on any atom is -0.313 e. The fourth-order valence-corrected chi connectivity index (χ4v) is 3.18. The molecule has 1 aromatic carbocycles.